The van der Waals surface area contributed by atoms with E-state index in [-0.39, 0.29) is 6.42 Å². The second-order valence-electron chi connectivity index (χ2n) is 5.18. The predicted molar refractivity (Wildman–Crippen MR) is 79.8 cm³/mol. The summed E-state index contributed by atoms with van der Waals surface area (Å²) in [5, 5.41) is 16.9. The Kier molecular flexibility index (Phi) is 13.2. The molecule has 0 amide bonds. The highest BCUT2D eigenvalue weighted by molar-refractivity contribution is 5.68. The van der Waals surface area contributed by atoms with Gasteiger partial charge >= 0.3 is 11.9 Å². The molecule has 4 nitrogen and oxygen atoms in total. The zero-order chi connectivity index (χ0) is 15.1. The third-order valence-electron chi connectivity index (χ3n) is 3.22. The summed E-state index contributed by atoms with van der Waals surface area (Å²) in [6.07, 6.45) is 15.3. The summed E-state index contributed by atoms with van der Waals surface area (Å²) in [4.78, 5) is 20.6. The van der Waals surface area contributed by atoms with Gasteiger partial charge < -0.3 is 10.2 Å². The normalized spacial score (nSPS) is 11.0. The Morgan fingerprint density at radius 2 is 1.15 bits per heavy atom. The molecule has 0 aliphatic carbocycles. The van der Waals surface area contributed by atoms with Gasteiger partial charge in [-0.15, -0.1) is 0 Å². The van der Waals surface area contributed by atoms with Gasteiger partial charge in [0.05, 0.1) is 6.42 Å². The zero-order valence-corrected chi connectivity index (χ0v) is 12.4. The number of allylic oxidation sites excluding steroid dienone is 1. The Morgan fingerprint density at radius 1 is 0.650 bits per heavy atom. The van der Waals surface area contributed by atoms with E-state index in [0.29, 0.717) is 6.42 Å². The molecule has 20 heavy (non-hydrogen) atoms. The molecular weight excluding hydrogens is 256 g/mol. The molecule has 0 heterocycles. The topological polar surface area (TPSA) is 74.6 Å². The minimum absolute atomic E-state index is 0.127. The van der Waals surface area contributed by atoms with Crippen molar-refractivity contribution in [1.82, 2.24) is 0 Å². The number of hydrogen-bond donors (Lipinski definition) is 2. The minimum Gasteiger partial charge on any atom is -0.481 e. The third kappa shape index (κ3) is 16.7. The molecule has 0 saturated carbocycles. The van der Waals surface area contributed by atoms with E-state index >= 15 is 0 Å². The number of hydrogen-bond acceptors (Lipinski definition) is 2. The van der Waals surface area contributed by atoms with Crippen LogP contribution in [0.1, 0.15) is 77.0 Å². The Hall–Kier alpha value is -1.32. The number of aliphatic carboxylic acids is 2. The molecule has 0 aromatic carbocycles. The van der Waals surface area contributed by atoms with E-state index in [1.54, 1.807) is 6.08 Å². The van der Waals surface area contributed by atoms with Crippen LogP contribution in [0.2, 0.25) is 0 Å². The molecule has 0 fully saturated rings. The Morgan fingerprint density at radius 3 is 1.65 bits per heavy atom. The van der Waals surface area contributed by atoms with Gasteiger partial charge in [0.25, 0.3) is 0 Å². The van der Waals surface area contributed by atoms with Crippen molar-refractivity contribution in [3.63, 3.8) is 0 Å². The zero-order valence-electron chi connectivity index (χ0n) is 12.4. The summed E-state index contributed by atoms with van der Waals surface area (Å²) >= 11 is 0. The van der Waals surface area contributed by atoms with Crippen LogP contribution in [0.15, 0.2) is 12.2 Å². The lowest BCUT2D eigenvalue weighted by molar-refractivity contribution is -0.137. The molecule has 0 saturated heterocycles. The van der Waals surface area contributed by atoms with Crippen molar-refractivity contribution in [1.29, 1.82) is 0 Å². The lowest BCUT2D eigenvalue weighted by Crippen LogP contribution is -1.93. The number of unbranched alkanes of at least 4 members (excludes halogenated alkanes) is 9. The van der Waals surface area contributed by atoms with E-state index in [2.05, 4.69) is 0 Å². The van der Waals surface area contributed by atoms with Crippen LogP contribution >= 0.6 is 0 Å². The van der Waals surface area contributed by atoms with Gasteiger partial charge in [-0.3, -0.25) is 9.59 Å². The molecule has 4 heteroatoms. The van der Waals surface area contributed by atoms with Crippen molar-refractivity contribution < 1.29 is 19.8 Å². The van der Waals surface area contributed by atoms with Crippen LogP contribution in [0.5, 0.6) is 0 Å². The van der Waals surface area contributed by atoms with E-state index in [9.17, 15) is 9.59 Å². The highest BCUT2D eigenvalue weighted by Crippen LogP contribution is 2.11. The second kappa shape index (κ2) is 14.1. The Labute approximate surface area is 121 Å². The van der Waals surface area contributed by atoms with Crippen LogP contribution in [0.25, 0.3) is 0 Å². The number of rotatable bonds is 14. The van der Waals surface area contributed by atoms with Gasteiger partial charge in [0.2, 0.25) is 0 Å². The van der Waals surface area contributed by atoms with Crippen molar-refractivity contribution in [3.8, 4) is 0 Å². The van der Waals surface area contributed by atoms with E-state index in [4.69, 9.17) is 10.2 Å². The van der Waals surface area contributed by atoms with Crippen LogP contribution in [0.4, 0.5) is 0 Å². The lowest BCUT2D eigenvalue weighted by Gasteiger charge is -2.01. The van der Waals surface area contributed by atoms with Crippen LogP contribution in [-0.2, 0) is 9.59 Å². The van der Waals surface area contributed by atoms with Gasteiger partial charge in [-0.25, -0.2) is 0 Å². The fraction of sp³-hybridized carbons (Fsp3) is 0.750. The van der Waals surface area contributed by atoms with Crippen LogP contribution < -0.4 is 0 Å². The van der Waals surface area contributed by atoms with Crippen molar-refractivity contribution in [2.24, 2.45) is 0 Å². The first kappa shape index (κ1) is 18.7. The average Bonchev–Trinajstić information content (AvgIpc) is 2.38. The highest BCUT2D eigenvalue weighted by atomic mass is 16.4. The van der Waals surface area contributed by atoms with Crippen LogP contribution in [-0.4, -0.2) is 22.2 Å². The number of carboxylic acid groups (broad SMARTS) is 2. The van der Waals surface area contributed by atoms with Crippen molar-refractivity contribution in [3.05, 3.63) is 12.2 Å². The van der Waals surface area contributed by atoms with E-state index in [1.165, 1.54) is 32.1 Å². The molecule has 0 atom stereocenters. The first-order chi connectivity index (χ1) is 9.63. The van der Waals surface area contributed by atoms with Gasteiger partial charge in [-0.1, -0.05) is 57.1 Å². The molecule has 2 N–H and O–H groups in total. The van der Waals surface area contributed by atoms with Crippen molar-refractivity contribution in [2.75, 3.05) is 0 Å². The molecule has 116 valence electrons. The third-order valence-corrected chi connectivity index (χ3v) is 3.22. The van der Waals surface area contributed by atoms with E-state index in [0.717, 1.165) is 32.1 Å². The second-order valence-corrected chi connectivity index (χ2v) is 5.18. The Bertz CT molecular complexity index is 284. The maximum Gasteiger partial charge on any atom is 0.307 e. The number of carboxylic acids is 2. The van der Waals surface area contributed by atoms with Gasteiger partial charge in [0, 0.05) is 6.42 Å². The standard InChI is InChI=1S/C16H28O4/c17-15(18)13-11-9-7-5-3-1-2-4-6-8-10-12-14-16(19)20/h9,11H,1-8,10,12-14H2,(H,17,18)(H,19,20). The summed E-state index contributed by atoms with van der Waals surface area (Å²) in [7, 11) is 0. The molecule has 0 spiro atoms. The molecule has 0 unspecified atom stereocenters. The smallest absolute Gasteiger partial charge is 0.307 e. The summed E-state index contributed by atoms with van der Waals surface area (Å²) in [5.41, 5.74) is 0. The SMILES string of the molecule is O=C(O)CC=CCCCCCCCCCCCC(=O)O. The van der Waals surface area contributed by atoms with Gasteiger partial charge in [-0.2, -0.15) is 0 Å². The molecule has 0 radical (unpaired) electrons. The first-order valence-corrected chi connectivity index (χ1v) is 7.71. The van der Waals surface area contributed by atoms with Crippen LogP contribution in [0.3, 0.4) is 0 Å². The summed E-state index contributed by atoms with van der Waals surface area (Å²) in [5.74, 6) is -1.47. The monoisotopic (exact) mass is 284 g/mol. The molecule has 0 bridgehead atoms. The molecule has 0 rings (SSSR count). The summed E-state index contributed by atoms with van der Waals surface area (Å²) < 4.78 is 0. The molecule has 0 aliphatic rings. The highest BCUT2D eigenvalue weighted by Gasteiger charge is 1.96. The summed E-state index contributed by atoms with van der Waals surface area (Å²) in [6, 6.07) is 0. The van der Waals surface area contributed by atoms with Gasteiger partial charge in [0.15, 0.2) is 0 Å². The minimum atomic E-state index is -0.774. The lowest BCUT2D eigenvalue weighted by atomic mass is 10.1. The largest absolute Gasteiger partial charge is 0.481 e. The Balaban J connectivity index is 3.08. The van der Waals surface area contributed by atoms with Gasteiger partial charge in [0.1, 0.15) is 0 Å². The van der Waals surface area contributed by atoms with Crippen molar-refractivity contribution >= 4 is 11.9 Å². The first-order valence-electron chi connectivity index (χ1n) is 7.71. The fourth-order valence-corrected chi connectivity index (χ4v) is 2.08. The van der Waals surface area contributed by atoms with Crippen molar-refractivity contribution in [2.45, 2.75) is 77.0 Å². The van der Waals surface area contributed by atoms with E-state index in [1.807, 2.05) is 6.08 Å². The van der Waals surface area contributed by atoms with Crippen LogP contribution in [0, 0.1) is 0 Å². The fourth-order valence-electron chi connectivity index (χ4n) is 2.08. The maximum absolute atomic E-state index is 10.3. The number of carbonyl (C=O) groups is 2. The predicted octanol–water partition coefficient (Wildman–Crippen LogP) is 4.39. The quantitative estimate of drug-likeness (QED) is 0.366. The summed E-state index contributed by atoms with van der Waals surface area (Å²) in [6.45, 7) is 0. The molecular formula is C16H28O4. The molecule has 0 aromatic rings. The van der Waals surface area contributed by atoms with E-state index < -0.39 is 11.9 Å². The average molecular weight is 284 g/mol. The molecule has 0 aliphatic heterocycles. The van der Waals surface area contributed by atoms with Gasteiger partial charge in [-0.05, 0) is 19.3 Å². The maximum atomic E-state index is 10.3. The molecule has 0 aromatic heterocycles.